The summed E-state index contributed by atoms with van der Waals surface area (Å²) in [6.07, 6.45) is -1.43. The molecule has 6 nitrogen and oxygen atoms in total. The Bertz CT molecular complexity index is 1040. The van der Waals surface area contributed by atoms with E-state index in [-0.39, 0.29) is 5.91 Å². The minimum absolute atomic E-state index is 0.206. The van der Waals surface area contributed by atoms with Gasteiger partial charge in [-0.2, -0.15) is 13.2 Å². The maximum Gasteiger partial charge on any atom is 0.416 e. The molecule has 1 atom stereocenters. The molecule has 2 amide bonds. The van der Waals surface area contributed by atoms with Crippen LogP contribution in [0.2, 0.25) is 0 Å². The highest BCUT2D eigenvalue weighted by atomic mass is 32.1. The maximum atomic E-state index is 12.7. The summed E-state index contributed by atoms with van der Waals surface area (Å²) >= 11 is 1.24. The Hall–Kier alpha value is -2.88. The lowest BCUT2D eigenvalue weighted by Crippen LogP contribution is -2.50. The zero-order valence-electron chi connectivity index (χ0n) is 14.4. The van der Waals surface area contributed by atoms with Crippen LogP contribution in [0.25, 0.3) is 16.2 Å². The third kappa shape index (κ3) is 3.47. The second kappa shape index (κ2) is 6.93. The molecule has 0 spiro atoms. The van der Waals surface area contributed by atoms with Gasteiger partial charge in [-0.05, 0) is 25.0 Å². The molecular formula is C18H15F3N4O2S. The Morgan fingerprint density at radius 2 is 2.04 bits per heavy atom. The summed E-state index contributed by atoms with van der Waals surface area (Å²) in [6, 6.07) is 4.12. The van der Waals surface area contributed by atoms with Crippen LogP contribution in [0.3, 0.4) is 0 Å². The number of hydrogen-bond donors (Lipinski definition) is 2. The van der Waals surface area contributed by atoms with Crippen molar-refractivity contribution >= 4 is 28.1 Å². The van der Waals surface area contributed by atoms with E-state index in [1.54, 1.807) is 16.0 Å². The van der Waals surface area contributed by atoms with E-state index < -0.39 is 23.7 Å². The number of nitrogens with zero attached hydrogens (tertiary/aromatic N) is 2. The predicted molar refractivity (Wildman–Crippen MR) is 97.0 cm³/mol. The summed E-state index contributed by atoms with van der Waals surface area (Å²) in [5.41, 5.74) is 0.569. The Morgan fingerprint density at radius 3 is 2.71 bits per heavy atom. The monoisotopic (exact) mass is 408 g/mol. The number of alkyl halides is 3. The lowest BCUT2D eigenvalue weighted by atomic mass is 10.1. The Balaban J connectivity index is 1.58. The lowest BCUT2D eigenvalue weighted by Gasteiger charge is -2.22. The number of fused-ring (bicyclic) bond motifs is 1. The molecule has 0 saturated carbocycles. The number of halogens is 3. The lowest BCUT2D eigenvalue weighted by molar-refractivity contribution is -0.137. The molecular weight excluding hydrogens is 393 g/mol. The van der Waals surface area contributed by atoms with Crippen LogP contribution < -0.4 is 10.6 Å². The van der Waals surface area contributed by atoms with Crippen molar-refractivity contribution < 1.29 is 22.8 Å². The molecule has 1 fully saturated rings. The van der Waals surface area contributed by atoms with E-state index in [0.29, 0.717) is 34.9 Å². The predicted octanol–water partition coefficient (Wildman–Crippen LogP) is 3.09. The van der Waals surface area contributed by atoms with Crippen molar-refractivity contribution in [2.75, 3.05) is 6.54 Å². The normalized spacial score (nSPS) is 17.5. The first kappa shape index (κ1) is 18.5. The van der Waals surface area contributed by atoms with Gasteiger partial charge in [0.1, 0.15) is 11.7 Å². The van der Waals surface area contributed by atoms with Crippen molar-refractivity contribution in [1.29, 1.82) is 0 Å². The molecule has 1 aliphatic rings. The molecule has 3 heterocycles. The van der Waals surface area contributed by atoms with Gasteiger partial charge >= 0.3 is 6.18 Å². The zero-order valence-corrected chi connectivity index (χ0v) is 15.2. The first-order valence-electron chi connectivity index (χ1n) is 8.56. The van der Waals surface area contributed by atoms with Crippen LogP contribution in [-0.4, -0.2) is 33.8 Å². The van der Waals surface area contributed by atoms with Gasteiger partial charge in [0, 0.05) is 23.7 Å². The number of aromatic nitrogens is 2. The highest BCUT2D eigenvalue weighted by molar-refractivity contribution is 7.15. The number of nitrogens with one attached hydrogen (secondary N) is 2. The topological polar surface area (TPSA) is 75.5 Å². The number of piperidine rings is 1. The van der Waals surface area contributed by atoms with E-state index in [2.05, 4.69) is 15.6 Å². The fourth-order valence-corrected chi connectivity index (χ4v) is 3.91. The van der Waals surface area contributed by atoms with Gasteiger partial charge in [-0.25, -0.2) is 4.98 Å². The van der Waals surface area contributed by atoms with E-state index >= 15 is 0 Å². The van der Waals surface area contributed by atoms with E-state index in [0.717, 1.165) is 18.6 Å². The summed E-state index contributed by atoms with van der Waals surface area (Å²) in [4.78, 5) is 29.3. The quantitative estimate of drug-likeness (QED) is 0.699. The zero-order chi connectivity index (χ0) is 19.9. The van der Waals surface area contributed by atoms with Crippen molar-refractivity contribution in [3.63, 3.8) is 0 Å². The second-order valence-corrected chi connectivity index (χ2v) is 7.27. The molecule has 10 heteroatoms. The van der Waals surface area contributed by atoms with E-state index in [1.165, 1.54) is 23.5 Å². The number of thiazole rings is 1. The average Bonchev–Trinajstić information content (AvgIpc) is 3.23. The van der Waals surface area contributed by atoms with E-state index in [9.17, 15) is 22.8 Å². The summed E-state index contributed by atoms with van der Waals surface area (Å²) in [5, 5.41) is 7.06. The van der Waals surface area contributed by atoms with Crippen LogP contribution in [0.15, 0.2) is 35.8 Å². The van der Waals surface area contributed by atoms with Gasteiger partial charge in [0.05, 0.1) is 11.3 Å². The molecule has 146 valence electrons. The molecule has 3 aromatic rings. The van der Waals surface area contributed by atoms with Crippen molar-refractivity contribution in [2.24, 2.45) is 0 Å². The number of rotatable bonds is 3. The summed E-state index contributed by atoms with van der Waals surface area (Å²) in [5.74, 6) is -0.605. The first-order valence-corrected chi connectivity index (χ1v) is 9.44. The van der Waals surface area contributed by atoms with E-state index in [1.807, 2.05) is 0 Å². The Labute approximate surface area is 161 Å². The Kier molecular flexibility index (Phi) is 4.58. The molecule has 0 bridgehead atoms. The largest absolute Gasteiger partial charge is 0.416 e. The standard InChI is InChI=1S/C18H15F3N4O2S/c19-18(20,21)11-5-3-10(4-6-11)13-8-25-14(9-28-17(25)24-13)16(27)23-12-2-1-7-22-15(12)26/h3-6,8-9,12H,1-2,7H2,(H,22,26)(H,23,27)/t12-/m0/s1. The van der Waals surface area contributed by atoms with Crippen LogP contribution in [0, 0.1) is 0 Å². The summed E-state index contributed by atoms with van der Waals surface area (Å²) in [7, 11) is 0. The van der Waals surface area contributed by atoms with Gasteiger partial charge < -0.3 is 10.6 Å². The molecule has 0 aliphatic carbocycles. The smallest absolute Gasteiger partial charge is 0.354 e. The van der Waals surface area contributed by atoms with Gasteiger partial charge in [-0.1, -0.05) is 12.1 Å². The maximum absolute atomic E-state index is 12.7. The SMILES string of the molecule is O=C(N[C@H]1CCCNC1=O)c1csc2nc(-c3ccc(C(F)(F)F)cc3)cn12. The van der Waals surface area contributed by atoms with Crippen molar-refractivity contribution in [3.8, 4) is 11.3 Å². The second-order valence-electron chi connectivity index (χ2n) is 6.43. The number of carbonyl (C=O) groups is 2. The fraction of sp³-hybridized carbons (Fsp3) is 0.278. The molecule has 4 rings (SSSR count). The third-order valence-electron chi connectivity index (χ3n) is 4.54. The van der Waals surface area contributed by atoms with Crippen LogP contribution in [-0.2, 0) is 11.0 Å². The van der Waals surface area contributed by atoms with Gasteiger partial charge in [0.25, 0.3) is 5.91 Å². The van der Waals surface area contributed by atoms with Gasteiger partial charge in [-0.3, -0.25) is 14.0 Å². The van der Waals surface area contributed by atoms with Crippen molar-refractivity contribution in [1.82, 2.24) is 20.0 Å². The van der Waals surface area contributed by atoms with Crippen molar-refractivity contribution in [3.05, 3.63) is 47.1 Å². The molecule has 1 aromatic carbocycles. The minimum atomic E-state index is -4.40. The molecule has 1 saturated heterocycles. The van der Waals surface area contributed by atoms with Crippen molar-refractivity contribution in [2.45, 2.75) is 25.1 Å². The fourth-order valence-electron chi connectivity index (χ4n) is 3.06. The molecule has 2 aromatic heterocycles. The third-order valence-corrected chi connectivity index (χ3v) is 5.38. The number of imidazole rings is 1. The molecule has 2 N–H and O–H groups in total. The first-order chi connectivity index (χ1) is 13.3. The minimum Gasteiger partial charge on any atom is -0.354 e. The summed E-state index contributed by atoms with van der Waals surface area (Å²) < 4.78 is 39.7. The van der Waals surface area contributed by atoms with Crippen LogP contribution >= 0.6 is 11.3 Å². The molecule has 0 radical (unpaired) electrons. The van der Waals surface area contributed by atoms with Crippen LogP contribution in [0.4, 0.5) is 13.2 Å². The van der Waals surface area contributed by atoms with Gasteiger partial charge in [0.15, 0.2) is 4.96 Å². The highest BCUT2D eigenvalue weighted by Crippen LogP contribution is 2.31. The number of hydrogen-bond acceptors (Lipinski definition) is 4. The van der Waals surface area contributed by atoms with Gasteiger partial charge in [0.2, 0.25) is 5.91 Å². The number of benzene rings is 1. The molecule has 0 unspecified atom stereocenters. The van der Waals surface area contributed by atoms with E-state index in [4.69, 9.17) is 0 Å². The Morgan fingerprint density at radius 1 is 1.29 bits per heavy atom. The van der Waals surface area contributed by atoms with Crippen LogP contribution in [0.5, 0.6) is 0 Å². The number of carbonyl (C=O) groups excluding carboxylic acids is 2. The number of amides is 2. The summed E-state index contributed by atoms with van der Waals surface area (Å²) in [6.45, 7) is 0.603. The average molecular weight is 408 g/mol. The molecule has 1 aliphatic heterocycles. The molecule has 28 heavy (non-hydrogen) atoms. The highest BCUT2D eigenvalue weighted by Gasteiger charge is 2.30. The van der Waals surface area contributed by atoms with Gasteiger partial charge in [-0.15, -0.1) is 11.3 Å². The van der Waals surface area contributed by atoms with Crippen LogP contribution in [0.1, 0.15) is 28.9 Å².